The van der Waals surface area contributed by atoms with Crippen LogP contribution in [0, 0.1) is 6.92 Å². The van der Waals surface area contributed by atoms with Crippen molar-refractivity contribution in [3.63, 3.8) is 0 Å². The van der Waals surface area contributed by atoms with E-state index in [-0.39, 0.29) is 11.9 Å². The molecule has 3 rings (SSSR count). The van der Waals surface area contributed by atoms with E-state index in [1.54, 1.807) is 30.5 Å². The molecule has 1 aliphatic heterocycles. The fourth-order valence-electron chi connectivity index (χ4n) is 2.84. The quantitative estimate of drug-likeness (QED) is 0.665. The molecule has 1 aromatic carbocycles. The number of carboxylic acid groups (broad SMARTS) is 1. The van der Waals surface area contributed by atoms with Gasteiger partial charge < -0.3 is 19.3 Å². The lowest BCUT2D eigenvalue weighted by molar-refractivity contribution is -0.132. The third-order valence-electron chi connectivity index (χ3n) is 4.29. The Bertz CT molecular complexity index is 850. The molecule has 1 unspecified atom stereocenters. The number of hydrogen-bond donors (Lipinski definition) is 1. The Labute approximate surface area is 168 Å². The molecule has 1 aromatic heterocycles. The summed E-state index contributed by atoms with van der Waals surface area (Å²) in [7, 11) is 0. The number of aryl methyl sites for hydroxylation is 1. The molecule has 1 saturated heterocycles. The van der Waals surface area contributed by atoms with Gasteiger partial charge in [-0.05, 0) is 62.1 Å². The van der Waals surface area contributed by atoms with Crippen molar-refractivity contribution in [3.8, 4) is 17.4 Å². The Morgan fingerprint density at radius 3 is 2.79 bits per heavy atom. The molecule has 0 aliphatic carbocycles. The van der Waals surface area contributed by atoms with Crippen molar-refractivity contribution < 1.29 is 24.1 Å². The summed E-state index contributed by atoms with van der Waals surface area (Å²) in [4.78, 5) is 15.2. The van der Waals surface area contributed by atoms with E-state index in [2.05, 4.69) is 4.98 Å². The van der Waals surface area contributed by atoms with Gasteiger partial charge in [-0.15, -0.1) is 0 Å². The molecule has 2 heterocycles. The lowest BCUT2D eigenvalue weighted by Crippen LogP contribution is -2.24. The molecule has 28 heavy (non-hydrogen) atoms. The minimum atomic E-state index is -0.973. The lowest BCUT2D eigenvalue weighted by Gasteiger charge is -2.23. The van der Waals surface area contributed by atoms with Gasteiger partial charge in [0.05, 0.1) is 17.8 Å². The standard InChI is InChI=1S/C21H22ClNO5/c1-13-9-15(10-14(2)21(24)25)11-17(22)20(13)28-18-7-6-16(12-23-18)27-19-5-3-4-8-26-19/h6-7,9-12,19H,3-5,8H2,1-2H3,(H,24,25)/b14-10+. The Hall–Kier alpha value is -2.57. The summed E-state index contributed by atoms with van der Waals surface area (Å²) in [5, 5.41) is 9.38. The predicted octanol–water partition coefficient (Wildman–Crippen LogP) is 5.23. The average Bonchev–Trinajstić information content (AvgIpc) is 2.67. The van der Waals surface area contributed by atoms with Gasteiger partial charge in [0.15, 0.2) is 12.0 Å². The normalized spacial score (nSPS) is 17.2. The van der Waals surface area contributed by atoms with Crippen LogP contribution in [0.15, 0.2) is 36.0 Å². The lowest BCUT2D eigenvalue weighted by atomic mass is 10.1. The van der Waals surface area contributed by atoms with Crippen LogP contribution in [0.4, 0.5) is 0 Å². The second-order valence-electron chi connectivity index (χ2n) is 6.63. The molecule has 0 spiro atoms. The molecule has 0 radical (unpaired) electrons. The smallest absolute Gasteiger partial charge is 0.331 e. The third kappa shape index (κ3) is 5.24. The van der Waals surface area contributed by atoms with E-state index in [0.29, 0.717) is 34.6 Å². The van der Waals surface area contributed by atoms with E-state index in [1.165, 1.54) is 6.92 Å². The maximum absolute atomic E-state index is 11.0. The second-order valence-corrected chi connectivity index (χ2v) is 7.04. The number of pyridine rings is 1. The van der Waals surface area contributed by atoms with Crippen LogP contribution >= 0.6 is 11.6 Å². The summed E-state index contributed by atoms with van der Waals surface area (Å²) >= 11 is 6.34. The Morgan fingerprint density at radius 2 is 2.18 bits per heavy atom. The maximum Gasteiger partial charge on any atom is 0.331 e. The third-order valence-corrected chi connectivity index (χ3v) is 4.57. The highest BCUT2D eigenvalue weighted by Crippen LogP contribution is 2.34. The molecule has 1 N–H and O–H groups in total. The summed E-state index contributed by atoms with van der Waals surface area (Å²) in [5.74, 6) is 0.501. The van der Waals surface area contributed by atoms with E-state index in [0.717, 1.165) is 24.8 Å². The molecule has 7 heteroatoms. The zero-order chi connectivity index (χ0) is 20.1. The van der Waals surface area contributed by atoms with Gasteiger partial charge in [0.2, 0.25) is 5.88 Å². The molecule has 0 amide bonds. The molecular weight excluding hydrogens is 382 g/mol. The zero-order valence-corrected chi connectivity index (χ0v) is 16.5. The van der Waals surface area contributed by atoms with E-state index in [4.69, 9.17) is 30.9 Å². The molecule has 1 fully saturated rings. The van der Waals surface area contributed by atoms with Crippen molar-refractivity contribution in [2.24, 2.45) is 0 Å². The van der Waals surface area contributed by atoms with Crippen molar-refractivity contribution in [2.75, 3.05) is 6.61 Å². The van der Waals surface area contributed by atoms with Gasteiger partial charge in [0.25, 0.3) is 0 Å². The topological polar surface area (TPSA) is 77.9 Å². The summed E-state index contributed by atoms with van der Waals surface area (Å²) < 4.78 is 17.1. The highest BCUT2D eigenvalue weighted by molar-refractivity contribution is 6.32. The zero-order valence-electron chi connectivity index (χ0n) is 15.8. The molecule has 0 saturated carbocycles. The first kappa shape index (κ1) is 20.2. The molecule has 6 nitrogen and oxygen atoms in total. The van der Waals surface area contributed by atoms with Crippen molar-refractivity contribution in [1.82, 2.24) is 4.98 Å². The van der Waals surface area contributed by atoms with Crippen LogP contribution in [-0.2, 0) is 9.53 Å². The van der Waals surface area contributed by atoms with E-state index in [1.807, 2.05) is 13.0 Å². The van der Waals surface area contributed by atoms with Crippen molar-refractivity contribution in [2.45, 2.75) is 39.4 Å². The predicted molar refractivity (Wildman–Crippen MR) is 106 cm³/mol. The number of hydrogen-bond acceptors (Lipinski definition) is 5. The number of carboxylic acids is 1. The van der Waals surface area contributed by atoms with Crippen molar-refractivity contribution >= 4 is 23.6 Å². The molecule has 1 aliphatic rings. The highest BCUT2D eigenvalue weighted by atomic mass is 35.5. The number of nitrogens with zero attached hydrogens (tertiary/aromatic N) is 1. The van der Waals surface area contributed by atoms with Crippen molar-refractivity contribution in [1.29, 1.82) is 0 Å². The van der Waals surface area contributed by atoms with Gasteiger partial charge >= 0.3 is 5.97 Å². The first-order valence-electron chi connectivity index (χ1n) is 9.06. The molecular formula is C21H22ClNO5. The number of halogens is 1. The Morgan fingerprint density at radius 1 is 1.36 bits per heavy atom. The van der Waals surface area contributed by atoms with Gasteiger partial charge in [-0.1, -0.05) is 11.6 Å². The number of rotatable bonds is 6. The fraction of sp³-hybridized carbons (Fsp3) is 0.333. The van der Waals surface area contributed by atoms with Crippen LogP contribution in [0.25, 0.3) is 6.08 Å². The maximum atomic E-state index is 11.0. The summed E-state index contributed by atoms with van der Waals surface area (Å²) in [5.41, 5.74) is 1.69. The Balaban J connectivity index is 1.70. The minimum Gasteiger partial charge on any atom is -0.478 e. The van der Waals surface area contributed by atoms with Gasteiger partial charge in [-0.3, -0.25) is 0 Å². The second kappa shape index (κ2) is 9.08. The number of ether oxygens (including phenoxy) is 3. The SMILES string of the molecule is C/C(=C\c1cc(C)c(Oc2ccc(OC3CCCCO3)cn2)c(Cl)c1)C(=O)O. The molecule has 2 aromatic rings. The van der Waals surface area contributed by atoms with Crippen LogP contribution in [0.3, 0.4) is 0 Å². The average molecular weight is 404 g/mol. The van der Waals surface area contributed by atoms with Gasteiger partial charge in [-0.2, -0.15) is 0 Å². The van der Waals surface area contributed by atoms with Crippen LogP contribution in [-0.4, -0.2) is 29.0 Å². The summed E-state index contributed by atoms with van der Waals surface area (Å²) in [6, 6.07) is 6.95. The van der Waals surface area contributed by atoms with E-state index < -0.39 is 5.97 Å². The van der Waals surface area contributed by atoms with Crippen molar-refractivity contribution in [3.05, 3.63) is 52.2 Å². The van der Waals surface area contributed by atoms with Crippen LogP contribution in [0.1, 0.15) is 37.3 Å². The first-order valence-corrected chi connectivity index (χ1v) is 9.44. The Kier molecular flexibility index (Phi) is 6.54. The van der Waals surface area contributed by atoms with Gasteiger partial charge in [-0.25, -0.2) is 9.78 Å². The fourth-order valence-corrected chi connectivity index (χ4v) is 3.15. The molecule has 0 bridgehead atoms. The molecule has 1 atom stereocenters. The summed E-state index contributed by atoms with van der Waals surface area (Å²) in [6.07, 6.45) is 5.94. The van der Waals surface area contributed by atoms with Gasteiger partial charge in [0, 0.05) is 18.1 Å². The van der Waals surface area contributed by atoms with E-state index in [9.17, 15) is 4.79 Å². The number of aromatic nitrogens is 1. The number of aliphatic carboxylic acids is 1. The van der Waals surface area contributed by atoms with Crippen LogP contribution in [0.5, 0.6) is 17.4 Å². The van der Waals surface area contributed by atoms with Crippen LogP contribution < -0.4 is 9.47 Å². The first-order chi connectivity index (χ1) is 13.4. The monoisotopic (exact) mass is 403 g/mol. The number of benzene rings is 1. The minimum absolute atomic E-state index is 0.225. The van der Waals surface area contributed by atoms with Gasteiger partial charge in [0.1, 0.15) is 5.75 Å². The largest absolute Gasteiger partial charge is 0.478 e. The highest BCUT2D eigenvalue weighted by Gasteiger charge is 2.16. The van der Waals surface area contributed by atoms with E-state index >= 15 is 0 Å². The number of carbonyl (C=O) groups is 1. The molecule has 148 valence electrons. The van der Waals surface area contributed by atoms with Crippen LogP contribution in [0.2, 0.25) is 5.02 Å². The summed E-state index contributed by atoms with van der Waals surface area (Å²) in [6.45, 7) is 4.09.